The minimum absolute atomic E-state index is 0.0160. The molecule has 3 N–H and O–H groups in total. The third-order valence-electron chi connectivity index (χ3n) is 5.89. The molecule has 0 aliphatic heterocycles. The van der Waals surface area contributed by atoms with Crippen LogP contribution in [0.25, 0.3) is 0 Å². The van der Waals surface area contributed by atoms with E-state index in [1.807, 2.05) is 11.8 Å². The summed E-state index contributed by atoms with van der Waals surface area (Å²) in [5, 5.41) is 16.6. The molecule has 4 nitrogen and oxygen atoms in total. The van der Waals surface area contributed by atoms with Crippen LogP contribution in [0, 0.1) is 17.8 Å². The lowest BCUT2D eigenvalue weighted by atomic mass is 9.85. The van der Waals surface area contributed by atoms with Crippen LogP contribution in [0.1, 0.15) is 44.9 Å². The zero-order chi connectivity index (χ0) is 14.8. The molecule has 0 heterocycles. The number of aliphatic hydroxyl groups excluding tert-OH is 1. The van der Waals surface area contributed by atoms with Crippen LogP contribution in [0.3, 0.4) is 0 Å². The summed E-state index contributed by atoms with van der Waals surface area (Å²) in [6.07, 6.45) is 10.5. The fourth-order valence-electron chi connectivity index (χ4n) is 4.77. The molecule has 3 aliphatic carbocycles. The number of rotatable bonds is 4. The maximum atomic E-state index is 12.3. The highest BCUT2D eigenvalue weighted by molar-refractivity contribution is 7.99. The topological polar surface area (TPSA) is 61.4 Å². The molecule has 0 spiro atoms. The van der Waals surface area contributed by atoms with Gasteiger partial charge in [0.05, 0.1) is 0 Å². The Morgan fingerprint density at radius 3 is 2.71 bits per heavy atom. The molecule has 0 aromatic heterocycles. The molecule has 0 saturated heterocycles. The molecule has 3 rings (SSSR count). The van der Waals surface area contributed by atoms with E-state index in [4.69, 9.17) is 0 Å². The van der Waals surface area contributed by atoms with Gasteiger partial charge in [0.1, 0.15) is 0 Å². The average Bonchev–Trinajstić information content (AvgIpc) is 3.08. The van der Waals surface area contributed by atoms with E-state index in [1.54, 1.807) is 0 Å². The molecule has 6 unspecified atom stereocenters. The summed E-state index contributed by atoms with van der Waals surface area (Å²) in [7, 11) is 0. The number of carbonyl (C=O) groups is 1. The summed E-state index contributed by atoms with van der Waals surface area (Å²) in [4.78, 5) is 12.3. The molecule has 120 valence electrons. The van der Waals surface area contributed by atoms with Crippen LogP contribution in [0.4, 0.5) is 4.79 Å². The Morgan fingerprint density at radius 2 is 1.95 bits per heavy atom. The minimum atomic E-state index is -0.0160. The highest BCUT2D eigenvalue weighted by Gasteiger charge is 2.47. The molecule has 3 saturated carbocycles. The number of fused-ring (bicyclic) bond motifs is 2. The molecule has 0 radical (unpaired) electrons. The van der Waals surface area contributed by atoms with Gasteiger partial charge in [-0.1, -0.05) is 6.42 Å². The van der Waals surface area contributed by atoms with Gasteiger partial charge in [0.25, 0.3) is 0 Å². The molecule has 3 fully saturated rings. The zero-order valence-electron chi connectivity index (χ0n) is 12.9. The van der Waals surface area contributed by atoms with Gasteiger partial charge in [-0.15, -0.1) is 0 Å². The summed E-state index contributed by atoms with van der Waals surface area (Å²) in [6.45, 7) is 0.212. The van der Waals surface area contributed by atoms with E-state index >= 15 is 0 Å². The second kappa shape index (κ2) is 6.78. The standard InChI is InChI=1S/C16H28N2O2S/c1-21-13-4-2-3-12(8-13)17-16(20)18-15-11-6-5-10(7-11)14(15)9-19/h10-15,19H,2-9H2,1H3,(H2,17,18,20). The van der Waals surface area contributed by atoms with Gasteiger partial charge in [-0.2, -0.15) is 11.8 Å². The first kappa shape index (κ1) is 15.5. The number of hydrogen-bond donors (Lipinski definition) is 3. The lowest BCUT2D eigenvalue weighted by molar-refractivity contribution is 0.143. The van der Waals surface area contributed by atoms with Gasteiger partial charge in [0.2, 0.25) is 0 Å². The highest BCUT2D eigenvalue weighted by atomic mass is 32.2. The molecule has 21 heavy (non-hydrogen) atoms. The lowest BCUT2D eigenvalue weighted by Crippen LogP contribution is -2.52. The first-order chi connectivity index (χ1) is 10.2. The summed E-state index contributed by atoms with van der Waals surface area (Å²) in [5.74, 6) is 1.49. The van der Waals surface area contributed by atoms with Crippen molar-refractivity contribution in [3.8, 4) is 0 Å². The number of amides is 2. The molecule has 2 bridgehead atoms. The normalized spacial score (nSPS) is 42.0. The average molecular weight is 312 g/mol. The Kier molecular flexibility index (Phi) is 4.99. The van der Waals surface area contributed by atoms with Gasteiger partial charge in [0.15, 0.2) is 0 Å². The van der Waals surface area contributed by atoms with Crippen LogP contribution in [0.5, 0.6) is 0 Å². The van der Waals surface area contributed by atoms with Crippen LogP contribution in [-0.4, -0.2) is 41.3 Å². The number of thioether (sulfide) groups is 1. The number of nitrogens with one attached hydrogen (secondary N) is 2. The minimum Gasteiger partial charge on any atom is -0.396 e. The van der Waals surface area contributed by atoms with Crippen LogP contribution in [0.15, 0.2) is 0 Å². The predicted molar refractivity (Wildman–Crippen MR) is 86.4 cm³/mol. The largest absolute Gasteiger partial charge is 0.396 e. The summed E-state index contributed by atoms with van der Waals surface area (Å²) >= 11 is 1.92. The first-order valence-corrected chi connectivity index (χ1v) is 9.70. The van der Waals surface area contributed by atoms with Crippen molar-refractivity contribution in [2.45, 2.75) is 62.3 Å². The van der Waals surface area contributed by atoms with E-state index in [0.29, 0.717) is 23.1 Å². The van der Waals surface area contributed by atoms with Crippen molar-refractivity contribution in [3.63, 3.8) is 0 Å². The van der Waals surface area contributed by atoms with Crippen molar-refractivity contribution in [2.24, 2.45) is 17.8 Å². The van der Waals surface area contributed by atoms with Crippen molar-refractivity contribution >= 4 is 17.8 Å². The summed E-state index contributed by atoms with van der Waals surface area (Å²) < 4.78 is 0. The van der Waals surface area contributed by atoms with Crippen molar-refractivity contribution in [1.82, 2.24) is 10.6 Å². The Morgan fingerprint density at radius 1 is 1.14 bits per heavy atom. The van der Waals surface area contributed by atoms with Gasteiger partial charge < -0.3 is 15.7 Å². The number of urea groups is 1. The van der Waals surface area contributed by atoms with E-state index in [9.17, 15) is 9.90 Å². The molecule has 3 aliphatic rings. The van der Waals surface area contributed by atoms with Crippen LogP contribution in [0.2, 0.25) is 0 Å². The van der Waals surface area contributed by atoms with Crippen LogP contribution in [-0.2, 0) is 0 Å². The van der Waals surface area contributed by atoms with Crippen molar-refractivity contribution in [1.29, 1.82) is 0 Å². The van der Waals surface area contributed by atoms with E-state index in [0.717, 1.165) is 12.8 Å². The molecule has 0 aromatic rings. The van der Waals surface area contributed by atoms with Crippen molar-refractivity contribution in [3.05, 3.63) is 0 Å². The second-order valence-electron chi connectivity index (χ2n) is 7.04. The van der Waals surface area contributed by atoms with E-state index in [2.05, 4.69) is 16.9 Å². The quantitative estimate of drug-likeness (QED) is 0.747. The van der Waals surface area contributed by atoms with Crippen molar-refractivity contribution in [2.75, 3.05) is 12.9 Å². The maximum Gasteiger partial charge on any atom is 0.315 e. The van der Waals surface area contributed by atoms with Crippen LogP contribution >= 0.6 is 11.8 Å². The number of carbonyl (C=O) groups excluding carboxylic acids is 1. The smallest absolute Gasteiger partial charge is 0.315 e. The van der Waals surface area contributed by atoms with Crippen LogP contribution < -0.4 is 10.6 Å². The maximum absolute atomic E-state index is 12.3. The van der Waals surface area contributed by atoms with Gasteiger partial charge in [0, 0.05) is 29.9 Å². The van der Waals surface area contributed by atoms with E-state index < -0.39 is 0 Å². The Balaban J connectivity index is 1.50. The third-order valence-corrected chi connectivity index (χ3v) is 6.99. The molecule has 0 aromatic carbocycles. The number of hydrogen-bond acceptors (Lipinski definition) is 3. The molecule has 5 heteroatoms. The first-order valence-electron chi connectivity index (χ1n) is 8.42. The monoisotopic (exact) mass is 312 g/mol. The van der Waals surface area contributed by atoms with Gasteiger partial charge in [-0.3, -0.25) is 0 Å². The van der Waals surface area contributed by atoms with Gasteiger partial charge in [-0.05, 0) is 56.6 Å². The molecule has 2 amide bonds. The zero-order valence-corrected chi connectivity index (χ0v) is 13.7. The predicted octanol–water partition coefficient (Wildman–Crippen LogP) is 2.37. The van der Waals surface area contributed by atoms with Crippen molar-refractivity contribution < 1.29 is 9.90 Å². The Hall–Kier alpha value is -0.420. The summed E-state index contributed by atoms with van der Waals surface area (Å²) in [6, 6.07) is 0.494. The number of aliphatic hydroxyl groups is 1. The fourth-order valence-corrected chi connectivity index (χ4v) is 5.59. The SMILES string of the molecule is CSC1CCCC(NC(=O)NC2C3CCC(C3)C2CO)C1. The highest BCUT2D eigenvalue weighted by Crippen LogP contribution is 2.48. The van der Waals surface area contributed by atoms with E-state index in [1.165, 1.54) is 32.1 Å². The van der Waals surface area contributed by atoms with Gasteiger partial charge in [-0.25, -0.2) is 4.79 Å². The fraction of sp³-hybridized carbons (Fsp3) is 0.938. The second-order valence-corrected chi connectivity index (χ2v) is 8.18. The molecular formula is C16H28N2O2S. The van der Waals surface area contributed by atoms with Gasteiger partial charge >= 0.3 is 6.03 Å². The lowest BCUT2D eigenvalue weighted by Gasteiger charge is -2.32. The Bertz CT molecular complexity index is 379. The molecular weight excluding hydrogens is 284 g/mol. The van der Waals surface area contributed by atoms with E-state index in [-0.39, 0.29) is 24.6 Å². The third kappa shape index (κ3) is 3.34. The molecule has 6 atom stereocenters. The summed E-state index contributed by atoms with van der Waals surface area (Å²) in [5.41, 5.74) is 0. The Labute approximate surface area is 131 Å².